The van der Waals surface area contributed by atoms with Crippen LogP contribution >= 0.6 is 0 Å². The smallest absolute Gasteiger partial charge is 0.314 e. The molecule has 0 spiro atoms. The van der Waals surface area contributed by atoms with Gasteiger partial charge in [0.25, 0.3) is 0 Å². The third-order valence-electron chi connectivity index (χ3n) is 6.79. The Morgan fingerprint density at radius 3 is 1.83 bits per heavy atom. The third kappa shape index (κ3) is 6.36. The third-order valence-corrected chi connectivity index (χ3v) is 6.79. The summed E-state index contributed by atoms with van der Waals surface area (Å²) in [4.78, 5) is 12.7. The van der Waals surface area contributed by atoms with Gasteiger partial charge in [0.05, 0.1) is 19.1 Å². The molecule has 0 saturated heterocycles. The van der Waals surface area contributed by atoms with Gasteiger partial charge in [0.2, 0.25) is 17.5 Å². The quantitative estimate of drug-likeness (QED) is 0.105. The maximum atomic E-state index is 14.9. The molecular weight excluding hydrogens is 550 g/mol. The maximum absolute atomic E-state index is 14.9. The van der Waals surface area contributed by atoms with Crippen molar-refractivity contribution in [3.8, 4) is 28.4 Å². The highest BCUT2D eigenvalue weighted by molar-refractivity contribution is 5.78. The number of ether oxygens (including phenoxy) is 3. The highest BCUT2D eigenvalue weighted by Crippen LogP contribution is 2.37. The lowest BCUT2D eigenvalue weighted by Gasteiger charge is -2.22. The molecule has 3 aromatic rings. The van der Waals surface area contributed by atoms with Gasteiger partial charge in [-0.15, -0.1) is 0 Å². The van der Waals surface area contributed by atoms with Gasteiger partial charge in [0.15, 0.2) is 34.7 Å². The highest BCUT2D eigenvalue weighted by atomic mass is 19.2. The van der Waals surface area contributed by atoms with Crippen molar-refractivity contribution in [2.75, 3.05) is 13.2 Å². The van der Waals surface area contributed by atoms with Gasteiger partial charge in [0.1, 0.15) is 0 Å². The largest absolute Gasteiger partial charge is 0.491 e. The number of carbonyl (C=O) groups excluding carboxylic acids is 1. The van der Waals surface area contributed by atoms with E-state index in [4.69, 9.17) is 14.2 Å². The molecule has 0 aromatic heterocycles. The van der Waals surface area contributed by atoms with E-state index in [1.165, 1.54) is 12.1 Å². The zero-order chi connectivity index (χ0) is 29.7. The van der Waals surface area contributed by atoms with Crippen LogP contribution in [-0.2, 0) is 4.79 Å². The number of rotatable bonds is 10. The maximum Gasteiger partial charge on any atom is 0.314 e. The van der Waals surface area contributed by atoms with Crippen LogP contribution < -0.4 is 14.2 Å². The monoisotopic (exact) mass is 578 g/mol. The highest BCUT2D eigenvalue weighted by Gasteiger charge is 2.28. The predicted octanol–water partition coefficient (Wildman–Crippen LogP) is 8.55. The van der Waals surface area contributed by atoms with Crippen LogP contribution in [0.25, 0.3) is 16.7 Å². The lowest BCUT2D eigenvalue weighted by molar-refractivity contribution is -0.139. The van der Waals surface area contributed by atoms with Gasteiger partial charge in [-0.25, -0.2) is 13.2 Å². The Bertz CT molecular complexity index is 1470. The molecule has 3 aromatic carbocycles. The molecule has 0 saturated carbocycles. The minimum atomic E-state index is -1.55. The molecule has 10 heteroatoms. The summed E-state index contributed by atoms with van der Waals surface area (Å²) >= 11 is 0. The van der Waals surface area contributed by atoms with E-state index in [0.29, 0.717) is 12.0 Å². The van der Waals surface area contributed by atoms with Gasteiger partial charge in [0, 0.05) is 16.7 Å². The zero-order valence-electron chi connectivity index (χ0n) is 22.5. The number of allylic oxidation sites excluding steroid dienone is 2. The lowest BCUT2D eigenvalue weighted by Crippen LogP contribution is -2.23. The van der Waals surface area contributed by atoms with E-state index in [1.54, 1.807) is 13.0 Å². The van der Waals surface area contributed by atoms with E-state index in [1.807, 2.05) is 6.92 Å². The number of unbranched alkanes of at least 4 members (excludes halogenated alkanes) is 1. The van der Waals surface area contributed by atoms with Gasteiger partial charge in [-0.3, -0.25) is 4.79 Å². The van der Waals surface area contributed by atoms with E-state index >= 15 is 0 Å². The van der Waals surface area contributed by atoms with Gasteiger partial charge < -0.3 is 14.2 Å². The molecule has 0 fully saturated rings. The summed E-state index contributed by atoms with van der Waals surface area (Å²) in [7, 11) is 0. The number of carbonyl (C=O) groups is 1. The fourth-order valence-corrected chi connectivity index (χ4v) is 4.53. The van der Waals surface area contributed by atoms with Crippen molar-refractivity contribution in [2.24, 2.45) is 5.92 Å². The number of hydrogen-bond acceptors (Lipinski definition) is 4. The summed E-state index contributed by atoms with van der Waals surface area (Å²) in [5.41, 5.74) is -0.548. The van der Waals surface area contributed by atoms with Crippen molar-refractivity contribution in [3.63, 3.8) is 0 Å². The normalized spacial score (nSPS) is 14.9. The van der Waals surface area contributed by atoms with E-state index in [9.17, 15) is 31.1 Å². The molecule has 4 nitrogen and oxygen atoms in total. The molecule has 1 aliphatic rings. The van der Waals surface area contributed by atoms with Gasteiger partial charge >= 0.3 is 5.97 Å². The Labute approximate surface area is 233 Å². The Morgan fingerprint density at radius 2 is 1.27 bits per heavy atom. The van der Waals surface area contributed by atoms with E-state index < -0.39 is 63.7 Å². The first kappa shape index (κ1) is 30.0. The average molecular weight is 579 g/mol. The zero-order valence-corrected chi connectivity index (χ0v) is 22.5. The van der Waals surface area contributed by atoms with Crippen molar-refractivity contribution >= 4 is 11.5 Å². The fraction of sp³-hybridized carbons (Fsp3) is 0.323. The SMILES string of the molecule is CCCCOc1ccc(C2=CCC(C(=O)Oc3ccc(-c4ccc(OCC)c(F)c4F)c(F)c3F)CC2)c(F)c1F. The first-order valence-electron chi connectivity index (χ1n) is 13.3. The summed E-state index contributed by atoms with van der Waals surface area (Å²) in [6, 6.07) is 6.86. The van der Waals surface area contributed by atoms with Crippen LogP contribution in [0.15, 0.2) is 42.5 Å². The Hall–Kier alpha value is -3.95. The van der Waals surface area contributed by atoms with Gasteiger partial charge in [-0.05, 0) is 74.6 Å². The van der Waals surface area contributed by atoms with E-state index in [0.717, 1.165) is 30.7 Å². The summed E-state index contributed by atoms with van der Waals surface area (Å²) in [6.07, 6.45) is 3.63. The summed E-state index contributed by atoms with van der Waals surface area (Å²) in [5, 5.41) is 0. The average Bonchev–Trinajstić information content (AvgIpc) is 2.97. The van der Waals surface area contributed by atoms with Crippen LogP contribution in [-0.4, -0.2) is 19.2 Å². The van der Waals surface area contributed by atoms with Gasteiger partial charge in [-0.1, -0.05) is 19.4 Å². The second kappa shape index (κ2) is 13.1. The molecule has 1 aliphatic carbocycles. The molecule has 0 bridgehead atoms. The standard InChI is InChI=1S/C31H28F6O4/c1-3-5-16-40-23-13-10-19(25(32)29(23)36)17-6-8-18(9-7-17)31(38)41-24-15-12-21(27(34)30(24)37)20-11-14-22(39-4-2)28(35)26(20)33/h6,10-15,18H,3-5,7-9,16H2,1-2H3. The number of esters is 1. The molecular formula is C31H28F6O4. The Balaban J connectivity index is 1.46. The molecule has 4 rings (SSSR count). The number of benzene rings is 3. The molecule has 41 heavy (non-hydrogen) atoms. The first-order valence-corrected chi connectivity index (χ1v) is 13.3. The molecule has 218 valence electrons. The Morgan fingerprint density at radius 1 is 0.732 bits per heavy atom. The molecule has 1 unspecified atom stereocenters. The minimum absolute atomic E-state index is 0.0545. The van der Waals surface area contributed by atoms with Gasteiger partial charge in [-0.2, -0.15) is 13.2 Å². The van der Waals surface area contributed by atoms with Crippen molar-refractivity contribution in [1.82, 2.24) is 0 Å². The Kier molecular flexibility index (Phi) is 9.62. The second-order valence-corrected chi connectivity index (χ2v) is 9.47. The van der Waals surface area contributed by atoms with Crippen molar-refractivity contribution in [1.29, 1.82) is 0 Å². The summed E-state index contributed by atoms with van der Waals surface area (Å²) < 4.78 is 103. The predicted molar refractivity (Wildman–Crippen MR) is 141 cm³/mol. The van der Waals surface area contributed by atoms with E-state index in [2.05, 4.69) is 0 Å². The fourth-order valence-electron chi connectivity index (χ4n) is 4.53. The number of hydrogen-bond donors (Lipinski definition) is 0. The molecule has 0 N–H and O–H groups in total. The summed E-state index contributed by atoms with van der Waals surface area (Å²) in [6.45, 7) is 3.87. The van der Waals surface area contributed by atoms with Crippen LogP contribution in [0.3, 0.4) is 0 Å². The van der Waals surface area contributed by atoms with Crippen molar-refractivity contribution in [3.05, 3.63) is 82.9 Å². The topological polar surface area (TPSA) is 44.8 Å². The number of halogens is 6. The molecule has 0 amide bonds. The van der Waals surface area contributed by atoms with Crippen molar-refractivity contribution < 1.29 is 45.3 Å². The van der Waals surface area contributed by atoms with Crippen LogP contribution in [0.2, 0.25) is 0 Å². The molecule has 0 radical (unpaired) electrons. The van der Waals surface area contributed by atoms with E-state index in [-0.39, 0.29) is 49.5 Å². The van der Waals surface area contributed by atoms with Crippen LogP contribution in [0.4, 0.5) is 26.3 Å². The molecule has 1 atom stereocenters. The minimum Gasteiger partial charge on any atom is -0.491 e. The van der Waals surface area contributed by atoms with Crippen LogP contribution in [0.1, 0.15) is 51.5 Å². The van der Waals surface area contributed by atoms with Crippen molar-refractivity contribution in [2.45, 2.75) is 46.0 Å². The lowest BCUT2D eigenvalue weighted by atomic mass is 9.86. The molecule has 0 aliphatic heterocycles. The van der Waals surface area contributed by atoms with Crippen LogP contribution in [0, 0.1) is 40.8 Å². The second-order valence-electron chi connectivity index (χ2n) is 9.47. The first-order chi connectivity index (χ1) is 19.7. The van der Waals surface area contributed by atoms with Crippen LogP contribution in [0.5, 0.6) is 17.2 Å². The molecule has 0 heterocycles. The summed E-state index contributed by atoms with van der Waals surface area (Å²) in [5.74, 6) is -10.8.